The van der Waals surface area contributed by atoms with Crippen molar-refractivity contribution in [3.8, 4) is 5.69 Å². The number of aliphatic carboxylic acids is 1. The van der Waals surface area contributed by atoms with Gasteiger partial charge in [0.15, 0.2) is 5.69 Å². The molecule has 7 heteroatoms. The zero-order valence-electron chi connectivity index (χ0n) is 13.6. The van der Waals surface area contributed by atoms with E-state index in [4.69, 9.17) is 0 Å². The first-order valence-corrected chi connectivity index (χ1v) is 8.47. The second-order valence-electron chi connectivity index (χ2n) is 6.49. The predicted molar refractivity (Wildman–Crippen MR) is 87.2 cm³/mol. The van der Waals surface area contributed by atoms with Crippen molar-refractivity contribution >= 4 is 11.9 Å². The molecule has 0 unspecified atom stereocenters. The number of carboxylic acids is 1. The normalized spacial score (nSPS) is 19.2. The molecular formula is C18H18FN3O3. The molecular weight excluding hydrogens is 325 g/mol. The van der Waals surface area contributed by atoms with E-state index in [9.17, 15) is 19.1 Å². The van der Waals surface area contributed by atoms with Gasteiger partial charge in [-0.05, 0) is 44.2 Å². The number of fused-ring (bicyclic) bond motifs is 1. The molecule has 1 fully saturated rings. The van der Waals surface area contributed by atoms with Crippen molar-refractivity contribution in [2.45, 2.75) is 38.1 Å². The lowest BCUT2D eigenvalue weighted by Crippen LogP contribution is -2.40. The second-order valence-corrected chi connectivity index (χ2v) is 6.49. The topological polar surface area (TPSA) is 75.4 Å². The molecule has 0 saturated carbocycles. The van der Waals surface area contributed by atoms with Gasteiger partial charge in [0.2, 0.25) is 0 Å². The SMILES string of the molecule is O=C(O)[C@@H]1CCCN1C(=O)c1nn(-c2ccccc2F)c2c1CCC2. The summed E-state index contributed by atoms with van der Waals surface area (Å²) in [6, 6.07) is 5.52. The van der Waals surface area contributed by atoms with Crippen LogP contribution >= 0.6 is 0 Å². The van der Waals surface area contributed by atoms with Crippen molar-refractivity contribution in [1.29, 1.82) is 0 Å². The molecule has 4 rings (SSSR count). The molecule has 1 aliphatic heterocycles. The molecule has 1 amide bonds. The van der Waals surface area contributed by atoms with Gasteiger partial charge < -0.3 is 10.0 Å². The Morgan fingerprint density at radius 1 is 1.20 bits per heavy atom. The van der Waals surface area contributed by atoms with Crippen LogP contribution in [0.4, 0.5) is 4.39 Å². The van der Waals surface area contributed by atoms with Gasteiger partial charge in [-0.3, -0.25) is 4.79 Å². The summed E-state index contributed by atoms with van der Waals surface area (Å²) in [4.78, 5) is 25.7. The average molecular weight is 343 g/mol. The lowest BCUT2D eigenvalue weighted by atomic mass is 10.1. The Morgan fingerprint density at radius 2 is 2.00 bits per heavy atom. The van der Waals surface area contributed by atoms with Crippen LogP contribution in [0.2, 0.25) is 0 Å². The maximum Gasteiger partial charge on any atom is 0.326 e. The van der Waals surface area contributed by atoms with Crippen LogP contribution in [0.25, 0.3) is 5.69 Å². The number of carbonyl (C=O) groups excluding carboxylic acids is 1. The van der Waals surface area contributed by atoms with Gasteiger partial charge in [-0.2, -0.15) is 5.10 Å². The zero-order chi connectivity index (χ0) is 17.6. The van der Waals surface area contributed by atoms with Gasteiger partial charge in [-0.1, -0.05) is 12.1 Å². The number of para-hydroxylation sites is 1. The number of nitrogens with zero attached hydrogens (tertiary/aromatic N) is 3. The van der Waals surface area contributed by atoms with Gasteiger partial charge in [-0.15, -0.1) is 0 Å². The van der Waals surface area contributed by atoms with Gasteiger partial charge >= 0.3 is 5.97 Å². The molecule has 0 bridgehead atoms. The maximum atomic E-state index is 14.2. The number of hydrogen-bond donors (Lipinski definition) is 1. The standard InChI is InChI=1S/C18H18FN3O3/c19-12-6-1-2-7-14(12)22-13-8-3-5-11(13)16(20-22)17(23)21-10-4-9-15(21)18(24)25/h1-2,6-7,15H,3-5,8-10H2,(H,24,25)/t15-/m0/s1. The first kappa shape index (κ1) is 15.8. The Morgan fingerprint density at radius 3 is 2.76 bits per heavy atom. The summed E-state index contributed by atoms with van der Waals surface area (Å²) >= 11 is 0. The molecule has 2 aromatic rings. The number of likely N-dealkylation sites (tertiary alicyclic amines) is 1. The van der Waals surface area contributed by atoms with E-state index in [1.54, 1.807) is 18.2 Å². The number of carboxylic acid groups (broad SMARTS) is 1. The number of carbonyl (C=O) groups is 2. The molecule has 0 spiro atoms. The Hall–Kier alpha value is -2.70. The summed E-state index contributed by atoms with van der Waals surface area (Å²) in [5.74, 6) is -1.75. The van der Waals surface area contributed by atoms with E-state index >= 15 is 0 Å². The third-order valence-electron chi connectivity index (χ3n) is 5.01. The number of halogens is 1. The Labute approximate surface area is 143 Å². The summed E-state index contributed by atoms with van der Waals surface area (Å²) in [7, 11) is 0. The molecule has 2 aliphatic rings. The van der Waals surface area contributed by atoms with Crippen LogP contribution in [0.3, 0.4) is 0 Å². The minimum Gasteiger partial charge on any atom is -0.480 e. The van der Waals surface area contributed by atoms with Crippen molar-refractivity contribution < 1.29 is 19.1 Å². The third kappa shape index (κ3) is 2.50. The summed E-state index contributed by atoms with van der Waals surface area (Å²) in [6.07, 6.45) is 3.43. The number of aromatic nitrogens is 2. The van der Waals surface area contributed by atoms with E-state index in [-0.39, 0.29) is 11.6 Å². The lowest BCUT2D eigenvalue weighted by Gasteiger charge is -2.20. The highest BCUT2D eigenvalue weighted by Crippen LogP contribution is 2.30. The summed E-state index contributed by atoms with van der Waals surface area (Å²) in [5, 5.41) is 13.7. The molecule has 1 atom stereocenters. The van der Waals surface area contributed by atoms with Crippen LogP contribution in [-0.4, -0.2) is 44.3 Å². The fourth-order valence-electron chi connectivity index (χ4n) is 3.83. The first-order valence-electron chi connectivity index (χ1n) is 8.47. The molecule has 2 heterocycles. The highest BCUT2D eigenvalue weighted by Gasteiger charge is 2.38. The number of benzene rings is 1. The molecule has 1 aliphatic carbocycles. The minimum atomic E-state index is -0.990. The number of amides is 1. The molecule has 1 aromatic carbocycles. The molecule has 6 nitrogen and oxygen atoms in total. The summed E-state index contributed by atoms with van der Waals surface area (Å²) in [6.45, 7) is 0.414. The lowest BCUT2D eigenvalue weighted by molar-refractivity contribution is -0.141. The van der Waals surface area contributed by atoms with Crippen LogP contribution in [0, 0.1) is 5.82 Å². The van der Waals surface area contributed by atoms with Crippen LogP contribution in [0.1, 0.15) is 41.0 Å². The Kier molecular flexibility index (Phi) is 3.78. The van der Waals surface area contributed by atoms with Crippen molar-refractivity contribution in [2.24, 2.45) is 0 Å². The molecule has 25 heavy (non-hydrogen) atoms. The predicted octanol–water partition coefficient (Wildman–Crippen LogP) is 2.19. The monoisotopic (exact) mass is 343 g/mol. The molecule has 1 aromatic heterocycles. The maximum absolute atomic E-state index is 14.2. The third-order valence-corrected chi connectivity index (χ3v) is 5.01. The fourth-order valence-corrected chi connectivity index (χ4v) is 3.83. The van der Waals surface area contributed by atoms with Gasteiger partial charge in [-0.25, -0.2) is 13.9 Å². The average Bonchev–Trinajstić information content (AvgIpc) is 3.31. The zero-order valence-corrected chi connectivity index (χ0v) is 13.6. The molecule has 1 saturated heterocycles. The van der Waals surface area contributed by atoms with Crippen molar-refractivity contribution in [1.82, 2.24) is 14.7 Å². The van der Waals surface area contributed by atoms with E-state index in [1.165, 1.54) is 15.6 Å². The van der Waals surface area contributed by atoms with E-state index in [0.717, 1.165) is 24.1 Å². The minimum absolute atomic E-state index is 0.268. The second kappa shape index (κ2) is 5.98. The number of hydrogen-bond acceptors (Lipinski definition) is 3. The van der Waals surface area contributed by atoms with E-state index in [0.29, 0.717) is 31.5 Å². The van der Waals surface area contributed by atoms with Gasteiger partial charge in [0.25, 0.3) is 5.91 Å². The smallest absolute Gasteiger partial charge is 0.326 e. The highest BCUT2D eigenvalue weighted by atomic mass is 19.1. The summed E-state index contributed by atoms with van der Waals surface area (Å²) in [5.41, 5.74) is 2.25. The van der Waals surface area contributed by atoms with Crippen LogP contribution in [0.5, 0.6) is 0 Å². The number of rotatable bonds is 3. The van der Waals surface area contributed by atoms with Gasteiger partial charge in [0.1, 0.15) is 17.5 Å². The Bertz CT molecular complexity index is 861. The largest absolute Gasteiger partial charge is 0.480 e. The Balaban J connectivity index is 1.77. The highest BCUT2D eigenvalue weighted by molar-refractivity contribution is 5.97. The van der Waals surface area contributed by atoms with Gasteiger partial charge in [0.05, 0.1) is 0 Å². The summed E-state index contributed by atoms with van der Waals surface area (Å²) < 4.78 is 15.7. The molecule has 0 radical (unpaired) electrons. The van der Waals surface area contributed by atoms with E-state index in [1.807, 2.05) is 0 Å². The van der Waals surface area contributed by atoms with Crippen LogP contribution in [0.15, 0.2) is 24.3 Å². The molecule has 1 N–H and O–H groups in total. The quantitative estimate of drug-likeness (QED) is 0.927. The fraction of sp³-hybridized carbons (Fsp3) is 0.389. The van der Waals surface area contributed by atoms with Crippen molar-refractivity contribution in [2.75, 3.05) is 6.54 Å². The van der Waals surface area contributed by atoms with E-state index in [2.05, 4.69) is 5.10 Å². The van der Waals surface area contributed by atoms with Crippen molar-refractivity contribution in [3.05, 3.63) is 47.0 Å². The van der Waals surface area contributed by atoms with Crippen LogP contribution in [-0.2, 0) is 17.6 Å². The van der Waals surface area contributed by atoms with Crippen LogP contribution < -0.4 is 0 Å². The first-order chi connectivity index (χ1) is 12.1. The van der Waals surface area contributed by atoms with Crippen molar-refractivity contribution in [3.63, 3.8) is 0 Å². The van der Waals surface area contributed by atoms with Gasteiger partial charge in [0, 0.05) is 17.8 Å². The van der Waals surface area contributed by atoms with E-state index < -0.39 is 17.8 Å². The molecule has 130 valence electrons.